The van der Waals surface area contributed by atoms with Crippen molar-refractivity contribution in [2.24, 2.45) is 5.16 Å². The Kier molecular flexibility index (Phi) is 3.57. The van der Waals surface area contributed by atoms with Crippen LogP contribution in [-0.4, -0.2) is 28.9 Å². The first-order chi connectivity index (χ1) is 7.81. The summed E-state index contributed by atoms with van der Waals surface area (Å²) in [6, 6.07) is 10.7. The lowest BCUT2D eigenvalue weighted by Crippen LogP contribution is -2.34. The van der Waals surface area contributed by atoms with E-state index < -0.39 is 0 Å². The lowest BCUT2D eigenvalue weighted by Gasteiger charge is -2.24. The lowest BCUT2D eigenvalue weighted by atomic mass is 10.1. The van der Waals surface area contributed by atoms with Gasteiger partial charge in [0.05, 0.1) is 11.8 Å². The van der Waals surface area contributed by atoms with E-state index in [2.05, 4.69) is 41.4 Å². The molecule has 1 atom stereocenters. The topological polar surface area (TPSA) is 35.8 Å². The van der Waals surface area contributed by atoms with Crippen LogP contribution in [0.1, 0.15) is 24.8 Å². The monoisotopic (exact) mass is 218 g/mol. The molecule has 1 saturated carbocycles. The third-order valence-corrected chi connectivity index (χ3v) is 3.23. The second-order valence-corrected chi connectivity index (χ2v) is 4.40. The summed E-state index contributed by atoms with van der Waals surface area (Å²) in [6.07, 6.45) is 3.16. The number of nitrogens with zero attached hydrogens (tertiary/aromatic N) is 2. The average molecular weight is 218 g/mol. The molecule has 1 aliphatic rings. The van der Waals surface area contributed by atoms with Crippen molar-refractivity contribution in [3.05, 3.63) is 35.9 Å². The molecule has 0 unspecified atom stereocenters. The van der Waals surface area contributed by atoms with Gasteiger partial charge in [-0.05, 0) is 31.9 Å². The summed E-state index contributed by atoms with van der Waals surface area (Å²) in [7, 11) is 2.09. The van der Waals surface area contributed by atoms with Gasteiger partial charge in [0.1, 0.15) is 0 Å². The Morgan fingerprint density at radius 3 is 2.81 bits per heavy atom. The van der Waals surface area contributed by atoms with Crippen LogP contribution in [0.3, 0.4) is 0 Å². The van der Waals surface area contributed by atoms with Crippen molar-refractivity contribution < 1.29 is 5.21 Å². The van der Waals surface area contributed by atoms with Gasteiger partial charge in [0.2, 0.25) is 0 Å². The van der Waals surface area contributed by atoms with Gasteiger partial charge in [-0.2, -0.15) is 0 Å². The Balaban J connectivity index is 2.00. The molecule has 0 aliphatic heterocycles. The predicted molar refractivity (Wildman–Crippen MR) is 64.8 cm³/mol. The van der Waals surface area contributed by atoms with E-state index in [0.29, 0.717) is 6.04 Å². The van der Waals surface area contributed by atoms with E-state index in [0.717, 1.165) is 31.5 Å². The van der Waals surface area contributed by atoms with E-state index in [9.17, 15) is 0 Å². The van der Waals surface area contributed by atoms with Crippen molar-refractivity contribution >= 4 is 5.71 Å². The van der Waals surface area contributed by atoms with Crippen molar-refractivity contribution in [2.75, 3.05) is 7.05 Å². The Morgan fingerprint density at radius 2 is 2.12 bits per heavy atom. The molecular weight excluding hydrogens is 200 g/mol. The van der Waals surface area contributed by atoms with E-state index in [4.69, 9.17) is 5.21 Å². The van der Waals surface area contributed by atoms with Crippen LogP contribution in [0.2, 0.25) is 0 Å². The molecule has 0 aromatic heterocycles. The van der Waals surface area contributed by atoms with Crippen LogP contribution in [-0.2, 0) is 6.54 Å². The van der Waals surface area contributed by atoms with Gasteiger partial charge in [0.25, 0.3) is 0 Å². The molecule has 0 radical (unpaired) electrons. The van der Waals surface area contributed by atoms with Gasteiger partial charge in [-0.25, -0.2) is 0 Å². The molecule has 1 aromatic rings. The van der Waals surface area contributed by atoms with Crippen LogP contribution in [0.25, 0.3) is 0 Å². The van der Waals surface area contributed by atoms with Gasteiger partial charge in [-0.3, -0.25) is 4.90 Å². The fourth-order valence-electron chi connectivity index (χ4n) is 2.38. The van der Waals surface area contributed by atoms with E-state index in [-0.39, 0.29) is 0 Å². The maximum atomic E-state index is 8.91. The van der Waals surface area contributed by atoms with Crippen LogP contribution in [0.15, 0.2) is 35.5 Å². The van der Waals surface area contributed by atoms with E-state index in [1.165, 1.54) is 5.56 Å². The zero-order valence-corrected chi connectivity index (χ0v) is 9.63. The van der Waals surface area contributed by atoms with E-state index in [1.807, 2.05) is 6.07 Å². The Labute approximate surface area is 96.4 Å². The van der Waals surface area contributed by atoms with Crippen LogP contribution in [0, 0.1) is 0 Å². The number of hydrogen-bond acceptors (Lipinski definition) is 3. The molecular formula is C13H18N2O. The fourth-order valence-corrected chi connectivity index (χ4v) is 2.38. The first-order valence-electron chi connectivity index (χ1n) is 5.76. The summed E-state index contributed by atoms with van der Waals surface area (Å²) < 4.78 is 0. The fraction of sp³-hybridized carbons (Fsp3) is 0.462. The molecule has 3 nitrogen and oxygen atoms in total. The zero-order chi connectivity index (χ0) is 11.4. The summed E-state index contributed by atoms with van der Waals surface area (Å²) in [6.45, 7) is 0.907. The van der Waals surface area contributed by atoms with Crippen LogP contribution >= 0.6 is 0 Å². The largest absolute Gasteiger partial charge is 0.411 e. The van der Waals surface area contributed by atoms with Crippen molar-refractivity contribution in [3.63, 3.8) is 0 Å². The SMILES string of the molecule is CN(Cc1ccccc1)[C@@H]1CCC/C1=N\O. The van der Waals surface area contributed by atoms with Crippen LogP contribution < -0.4 is 0 Å². The number of benzene rings is 1. The minimum atomic E-state index is 0.310. The van der Waals surface area contributed by atoms with Gasteiger partial charge < -0.3 is 5.21 Å². The minimum Gasteiger partial charge on any atom is -0.411 e. The van der Waals surface area contributed by atoms with Gasteiger partial charge in [0, 0.05) is 6.54 Å². The first-order valence-corrected chi connectivity index (χ1v) is 5.76. The number of rotatable bonds is 3. The third-order valence-electron chi connectivity index (χ3n) is 3.23. The minimum absolute atomic E-state index is 0.310. The maximum absolute atomic E-state index is 8.91. The molecule has 1 N–H and O–H groups in total. The summed E-state index contributed by atoms with van der Waals surface area (Å²) in [5.74, 6) is 0. The van der Waals surface area contributed by atoms with Crippen molar-refractivity contribution in [2.45, 2.75) is 31.8 Å². The molecule has 0 spiro atoms. The Morgan fingerprint density at radius 1 is 1.38 bits per heavy atom. The Hall–Kier alpha value is -1.35. The predicted octanol–water partition coefficient (Wildman–Crippen LogP) is 2.50. The first kappa shape index (κ1) is 11.1. The van der Waals surface area contributed by atoms with E-state index in [1.54, 1.807) is 0 Å². The molecule has 1 aliphatic carbocycles. The van der Waals surface area contributed by atoms with E-state index >= 15 is 0 Å². The second kappa shape index (κ2) is 5.12. The highest BCUT2D eigenvalue weighted by molar-refractivity contribution is 5.90. The van der Waals surface area contributed by atoms with Crippen LogP contribution in [0.5, 0.6) is 0 Å². The quantitative estimate of drug-likeness (QED) is 0.625. The molecule has 0 bridgehead atoms. The molecule has 1 aromatic carbocycles. The molecule has 0 heterocycles. The van der Waals surface area contributed by atoms with Gasteiger partial charge in [0.15, 0.2) is 0 Å². The van der Waals surface area contributed by atoms with Crippen molar-refractivity contribution in [3.8, 4) is 0 Å². The third kappa shape index (κ3) is 2.42. The Bertz CT molecular complexity index is 361. The average Bonchev–Trinajstić information content (AvgIpc) is 2.78. The van der Waals surface area contributed by atoms with Crippen LogP contribution in [0.4, 0.5) is 0 Å². The summed E-state index contributed by atoms with van der Waals surface area (Å²) in [5.41, 5.74) is 2.23. The van der Waals surface area contributed by atoms with Gasteiger partial charge in [-0.15, -0.1) is 0 Å². The lowest BCUT2D eigenvalue weighted by molar-refractivity contribution is 0.271. The standard InChI is InChI=1S/C13H18N2O/c1-15(10-11-6-3-2-4-7-11)13-9-5-8-12(13)14-16/h2-4,6-7,13,16H,5,8-10H2,1H3/b14-12+/t13-/m1/s1. The molecule has 86 valence electrons. The molecule has 0 saturated heterocycles. The summed E-state index contributed by atoms with van der Waals surface area (Å²) in [5, 5.41) is 12.3. The number of hydrogen-bond donors (Lipinski definition) is 1. The van der Waals surface area contributed by atoms with Gasteiger partial charge >= 0.3 is 0 Å². The summed E-state index contributed by atoms with van der Waals surface area (Å²) >= 11 is 0. The second-order valence-electron chi connectivity index (χ2n) is 4.40. The highest BCUT2D eigenvalue weighted by atomic mass is 16.4. The molecule has 16 heavy (non-hydrogen) atoms. The molecule has 1 fully saturated rings. The summed E-state index contributed by atoms with van der Waals surface area (Å²) in [4.78, 5) is 2.26. The highest BCUT2D eigenvalue weighted by Gasteiger charge is 2.26. The highest BCUT2D eigenvalue weighted by Crippen LogP contribution is 2.21. The normalized spacial score (nSPS) is 23.1. The number of oxime groups is 1. The maximum Gasteiger partial charge on any atom is 0.0742 e. The molecule has 0 amide bonds. The van der Waals surface area contributed by atoms with Gasteiger partial charge in [-0.1, -0.05) is 35.5 Å². The molecule has 3 heteroatoms. The molecule has 2 rings (SSSR count). The smallest absolute Gasteiger partial charge is 0.0742 e. The van der Waals surface area contributed by atoms with Crippen molar-refractivity contribution in [1.29, 1.82) is 0 Å². The van der Waals surface area contributed by atoms with Crippen molar-refractivity contribution in [1.82, 2.24) is 4.90 Å². The zero-order valence-electron chi connectivity index (χ0n) is 9.63.